The fourth-order valence-electron chi connectivity index (χ4n) is 4.34. The number of unbranched alkanes of at least 4 members (excludes halogenated alkanes) is 2. The molecule has 1 heterocycles. The van der Waals surface area contributed by atoms with E-state index >= 15 is 0 Å². The lowest BCUT2D eigenvalue weighted by Gasteiger charge is -2.32. The highest BCUT2D eigenvalue weighted by Gasteiger charge is 2.20. The van der Waals surface area contributed by atoms with E-state index in [9.17, 15) is 9.90 Å². The zero-order valence-electron chi connectivity index (χ0n) is 19.1. The molecular weight excluding hydrogens is 384 g/mol. The van der Waals surface area contributed by atoms with Crippen molar-refractivity contribution in [3.63, 3.8) is 0 Å². The van der Waals surface area contributed by atoms with E-state index < -0.39 is 0 Å². The number of amides is 1. The molecule has 0 spiro atoms. The van der Waals surface area contributed by atoms with Gasteiger partial charge in [-0.3, -0.25) is 4.79 Å². The second kappa shape index (κ2) is 12.0. The number of nitrogens with one attached hydrogen (secondary N) is 1. The molecule has 2 N–H and O–H groups in total. The molecule has 4 nitrogen and oxygen atoms in total. The highest BCUT2D eigenvalue weighted by atomic mass is 16.3. The lowest BCUT2D eigenvalue weighted by molar-refractivity contribution is -0.118. The van der Waals surface area contributed by atoms with Gasteiger partial charge in [-0.1, -0.05) is 69.2 Å². The second-order valence-corrected chi connectivity index (χ2v) is 9.16. The average Bonchev–Trinajstić information content (AvgIpc) is 2.80. The van der Waals surface area contributed by atoms with Crippen LogP contribution in [0.1, 0.15) is 75.5 Å². The number of aliphatic hydroxyl groups excluding tert-OH is 1. The molecule has 0 bridgehead atoms. The number of hydrogen-bond acceptors (Lipinski definition) is 3. The first-order chi connectivity index (χ1) is 15.0. The molecule has 1 aliphatic rings. The van der Waals surface area contributed by atoms with Crippen LogP contribution in [0.15, 0.2) is 54.6 Å². The third kappa shape index (κ3) is 7.48. The van der Waals surface area contributed by atoms with Gasteiger partial charge in [0.2, 0.25) is 5.91 Å². The van der Waals surface area contributed by atoms with Gasteiger partial charge in [0.05, 0.1) is 6.10 Å². The molecule has 1 aliphatic heterocycles. The zero-order chi connectivity index (χ0) is 22.1. The first-order valence-electron chi connectivity index (χ1n) is 11.9. The number of carbonyl (C=O) groups is 1. The molecule has 4 heteroatoms. The smallest absolute Gasteiger partial charge is 0.226 e. The van der Waals surface area contributed by atoms with Gasteiger partial charge in [0.15, 0.2) is 0 Å². The second-order valence-electron chi connectivity index (χ2n) is 9.16. The van der Waals surface area contributed by atoms with E-state index in [0.717, 1.165) is 43.7 Å². The monoisotopic (exact) mass is 422 g/mol. The molecule has 0 aromatic heterocycles. The van der Waals surface area contributed by atoms with Crippen molar-refractivity contribution in [2.45, 2.75) is 64.4 Å². The van der Waals surface area contributed by atoms with Gasteiger partial charge in [0.1, 0.15) is 0 Å². The molecule has 2 aromatic carbocycles. The maximum Gasteiger partial charge on any atom is 0.226 e. The number of nitrogens with zero attached hydrogens (tertiary/aromatic N) is 1. The summed E-state index contributed by atoms with van der Waals surface area (Å²) in [6, 6.07) is 18.4. The van der Waals surface area contributed by atoms with Gasteiger partial charge >= 0.3 is 0 Å². The van der Waals surface area contributed by atoms with Gasteiger partial charge in [-0.05, 0) is 74.5 Å². The Labute approximate surface area is 187 Å². The predicted molar refractivity (Wildman–Crippen MR) is 128 cm³/mol. The predicted octanol–water partition coefficient (Wildman–Crippen LogP) is 5.75. The van der Waals surface area contributed by atoms with Crippen molar-refractivity contribution >= 4 is 11.6 Å². The van der Waals surface area contributed by atoms with Crippen LogP contribution in [0.5, 0.6) is 0 Å². The maximum atomic E-state index is 12.0. The third-order valence-corrected chi connectivity index (χ3v) is 6.37. The van der Waals surface area contributed by atoms with Gasteiger partial charge < -0.3 is 15.3 Å². The summed E-state index contributed by atoms with van der Waals surface area (Å²) < 4.78 is 0. The highest BCUT2D eigenvalue weighted by molar-refractivity contribution is 5.92. The van der Waals surface area contributed by atoms with E-state index in [1.54, 1.807) is 0 Å². The van der Waals surface area contributed by atoms with Crippen LogP contribution in [-0.2, 0) is 4.79 Å². The molecule has 1 amide bonds. The third-order valence-electron chi connectivity index (χ3n) is 6.37. The van der Waals surface area contributed by atoms with Crippen LogP contribution in [0, 0.1) is 5.92 Å². The standard InChI is InChI=1S/C27H38N2O2/c1-21(2)27(31)28-25-13-9-12-24(20-25)22-15-18-29(19-16-22)17-8-4-7-14-26(30)23-10-5-3-6-11-23/h3,5-6,9-13,20-22,26,30H,4,7-8,14-19H2,1-2H3,(H,28,31). The number of likely N-dealkylation sites (tertiary alicyclic amines) is 1. The molecule has 2 aromatic rings. The molecule has 31 heavy (non-hydrogen) atoms. The maximum absolute atomic E-state index is 12.0. The number of aliphatic hydroxyl groups is 1. The fraction of sp³-hybridized carbons (Fsp3) is 0.519. The number of piperidine rings is 1. The minimum absolute atomic E-state index is 0.00602. The van der Waals surface area contributed by atoms with Gasteiger partial charge in [-0.2, -0.15) is 0 Å². The largest absolute Gasteiger partial charge is 0.388 e. The number of rotatable bonds is 10. The van der Waals surface area contributed by atoms with Crippen molar-refractivity contribution in [3.8, 4) is 0 Å². The summed E-state index contributed by atoms with van der Waals surface area (Å²) in [6.07, 6.45) is 6.29. The molecular formula is C27H38N2O2. The number of benzene rings is 2. The van der Waals surface area contributed by atoms with Crippen LogP contribution in [0.25, 0.3) is 0 Å². The minimum Gasteiger partial charge on any atom is -0.388 e. The molecule has 1 saturated heterocycles. The van der Waals surface area contributed by atoms with Crippen molar-refractivity contribution in [1.29, 1.82) is 0 Å². The summed E-state index contributed by atoms with van der Waals surface area (Å²) in [5.41, 5.74) is 3.28. The van der Waals surface area contributed by atoms with E-state index in [2.05, 4.69) is 28.4 Å². The van der Waals surface area contributed by atoms with Crippen molar-refractivity contribution in [1.82, 2.24) is 4.90 Å². The van der Waals surface area contributed by atoms with Crippen LogP contribution >= 0.6 is 0 Å². The highest BCUT2D eigenvalue weighted by Crippen LogP contribution is 2.30. The van der Waals surface area contributed by atoms with E-state index in [-0.39, 0.29) is 17.9 Å². The molecule has 1 unspecified atom stereocenters. The Balaban J connectivity index is 1.34. The molecule has 1 atom stereocenters. The minimum atomic E-state index is -0.335. The van der Waals surface area contributed by atoms with Crippen LogP contribution < -0.4 is 5.32 Å². The van der Waals surface area contributed by atoms with Gasteiger partial charge in [0, 0.05) is 11.6 Å². The van der Waals surface area contributed by atoms with E-state index in [4.69, 9.17) is 0 Å². The van der Waals surface area contributed by atoms with E-state index in [0.29, 0.717) is 5.92 Å². The molecule has 3 rings (SSSR count). The van der Waals surface area contributed by atoms with Crippen LogP contribution in [0.4, 0.5) is 5.69 Å². The summed E-state index contributed by atoms with van der Waals surface area (Å²) in [6.45, 7) is 7.26. The summed E-state index contributed by atoms with van der Waals surface area (Å²) in [7, 11) is 0. The van der Waals surface area contributed by atoms with Crippen molar-refractivity contribution in [3.05, 3.63) is 65.7 Å². The van der Waals surface area contributed by atoms with Crippen LogP contribution in [0.2, 0.25) is 0 Å². The molecule has 1 fully saturated rings. The normalized spacial score (nSPS) is 16.4. The lowest BCUT2D eigenvalue weighted by atomic mass is 9.89. The number of anilines is 1. The SMILES string of the molecule is CC(C)C(=O)Nc1cccc(C2CCN(CCCCCC(O)c3ccccc3)CC2)c1. The Morgan fingerprint density at radius 3 is 2.48 bits per heavy atom. The lowest BCUT2D eigenvalue weighted by Crippen LogP contribution is -2.33. The summed E-state index contributed by atoms with van der Waals surface area (Å²) in [5.74, 6) is 0.643. The first kappa shape index (κ1) is 23.5. The Morgan fingerprint density at radius 2 is 1.77 bits per heavy atom. The molecule has 0 aliphatic carbocycles. The fourth-order valence-corrected chi connectivity index (χ4v) is 4.34. The Hall–Kier alpha value is -2.17. The Kier molecular flexibility index (Phi) is 9.11. The summed E-state index contributed by atoms with van der Waals surface area (Å²) >= 11 is 0. The van der Waals surface area contributed by atoms with Crippen molar-refractivity contribution in [2.24, 2.45) is 5.92 Å². The van der Waals surface area contributed by atoms with E-state index in [1.807, 2.05) is 50.2 Å². The average molecular weight is 423 g/mol. The van der Waals surface area contributed by atoms with Crippen molar-refractivity contribution in [2.75, 3.05) is 25.0 Å². The van der Waals surface area contributed by atoms with Gasteiger partial charge in [-0.25, -0.2) is 0 Å². The zero-order valence-corrected chi connectivity index (χ0v) is 19.1. The van der Waals surface area contributed by atoms with Crippen LogP contribution in [0.3, 0.4) is 0 Å². The Morgan fingerprint density at radius 1 is 1.03 bits per heavy atom. The van der Waals surface area contributed by atoms with Gasteiger partial charge in [0.25, 0.3) is 0 Å². The van der Waals surface area contributed by atoms with Gasteiger partial charge in [-0.15, -0.1) is 0 Å². The number of hydrogen-bond donors (Lipinski definition) is 2. The molecule has 168 valence electrons. The molecule has 0 radical (unpaired) electrons. The quantitative estimate of drug-likeness (QED) is 0.479. The van der Waals surface area contributed by atoms with Crippen LogP contribution in [-0.4, -0.2) is 35.5 Å². The first-order valence-corrected chi connectivity index (χ1v) is 11.9. The number of carbonyl (C=O) groups excluding carboxylic acids is 1. The topological polar surface area (TPSA) is 52.6 Å². The summed E-state index contributed by atoms with van der Waals surface area (Å²) in [4.78, 5) is 14.5. The van der Waals surface area contributed by atoms with Crippen molar-refractivity contribution < 1.29 is 9.90 Å². The van der Waals surface area contributed by atoms with E-state index in [1.165, 1.54) is 31.2 Å². The Bertz CT molecular complexity index is 798. The summed E-state index contributed by atoms with van der Waals surface area (Å²) in [5, 5.41) is 13.3. The molecule has 0 saturated carbocycles.